The summed E-state index contributed by atoms with van der Waals surface area (Å²) in [5.74, 6) is 0. The third-order valence-corrected chi connectivity index (χ3v) is 2.84. The number of hydrogen-bond donors (Lipinski definition) is 0. The van der Waals surface area contributed by atoms with Crippen molar-refractivity contribution in [2.24, 2.45) is 0 Å². The second-order valence-corrected chi connectivity index (χ2v) is 4.77. The van der Waals surface area contributed by atoms with Crippen molar-refractivity contribution in [2.45, 2.75) is 52.9 Å². The Morgan fingerprint density at radius 2 is 1.93 bits per heavy atom. The first-order valence-electron chi connectivity index (χ1n) is 5.41. The van der Waals surface area contributed by atoms with Gasteiger partial charge in [0.25, 0.3) is 0 Å². The van der Waals surface area contributed by atoms with Crippen LogP contribution in [0.5, 0.6) is 0 Å². The maximum Gasteiger partial charge on any atom is 0.0375 e. The van der Waals surface area contributed by atoms with Gasteiger partial charge in [-0.2, -0.15) is 0 Å². The lowest BCUT2D eigenvalue weighted by molar-refractivity contribution is 0.469. The van der Waals surface area contributed by atoms with Gasteiger partial charge in [0.05, 0.1) is 0 Å². The van der Waals surface area contributed by atoms with Crippen LogP contribution in [0, 0.1) is 13.8 Å². The lowest BCUT2D eigenvalue weighted by atomic mass is 9.79. The van der Waals surface area contributed by atoms with E-state index in [0.29, 0.717) is 0 Å². The fourth-order valence-corrected chi connectivity index (χ4v) is 2.12. The fourth-order valence-electron chi connectivity index (χ4n) is 2.12. The molecule has 0 bridgehead atoms. The Morgan fingerprint density at radius 3 is 2.50 bits per heavy atom. The molecule has 1 aromatic rings. The molecule has 0 spiro atoms. The summed E-state index contributed by atoms with van der Waals surface area (Å²) in [6, 6.07) is 2.23. The van der Waals surface area contributed by atoms with Gasteiger partial charge in [0.1, 0.15) is 0 Å². The largest absolute Gasteiger partial charge is 0.261 e. The van der Waals surface area contributed by atoms with E-state index in [1.165, 1.54) is 24.0 Å². The summed E-state index contributed by atoms with van der Waals surface area (Å²) in [6.07, 6.45) is 4.45. The van der Waals surface area contributed by atoms with Crippen molar-refractivity contribution in [3.05, 3.63) is 29.1 Å². The summed E-state index contributed by atoms with van der Waals surface area (Å²) in [6.45, 7) is 11.1. The predicted molar refractivity (Wildman–Crippen MR) is 61.6 cm³/mol. The lowest BCUT2D eigenvalue weighted by Gasteiger charge is -2.26. The van der Waals surface area contributed by atoms with Gasteiger partial charge in [0.2, 0.25) is 0 Å². The molecule has 0 aliphatic rings. The number of rotatable bonds is 3. The van der Waals surface area contributed by atoms with Crippen molar-refractivity contribution in [3.63, 3.8) is 0 Å². The third-order valence-electron chi connectivity index (χ3n) is 2.84. The van der Waals surface area contributed by atoms with Crippen molar-refractivity contribution in [3.8, 4) is 0 Å². The van der Waals surface area contributed by atoms with Gasteiger partial charge < -0.3 is 0 Å². The first-order valence-corrected chi connectivity index (χ1v) is 5.41. The maximum atomic E-state index is 4.31. The first-order chi connectivity index (χ1) is 6.47. The SMILES string of the molecule is CCCC(C)(C)c1cc(C)ncc1C. The van der Waals surface area contributed by atoms with Crippen molar-refractivity contribution >= 4 is 0 Å². The minimum atomic E-state index is 0.284. The van der Waals surface area contributed by atoms with Gasteiger partial charge in [-0.05, 0) is 42.9 Å². The number of aromatic nitrogens is 1. The molecule has 0 aliphatic heterocycles. The standard InChI is InChI=1S/C13H21N/c1-6-7-13(4,5)12-8-11(3)14-9-10(12)2/h8-9H,6-7H2,1-5H3. The highest BCUT2D eigenvalue weighted by Crippen LogP contribution is 2.30. The van der Waals surface area contributed by atoms with Crippen molar-refractivity contribution in [1.29, 1.82) is 0 Å². The highest BCUT2D eigenvalue weighted by molar-refractivity contribution is 5.31. The van der Waals surface area contributed by atoms with E-state index in [1.807, 2.05) is 6.20 Å². The van der Waals surface area contributed by atoms with Crippen LogP contribution in [0.4, 0.5) is 0 Å². The minimum absolute atomic E-state index is 0.284. The van der Waals surface area contributed by atoms with E-state index in [2.05, 4.69) is 45.7 Å². The summed E-state index contributed by atoms with van der Waals surface area (Å²) in [5.41, 5.74) is 4.17. The Morgan fingerprint density at radius 1 is 1.29 bits per heavy atom. The molecule has 0 fully saturated rings. The van der Waals surface area contributed by atoms with E-state index < -0.39 is 0 Å². The second-order valence-electron chi connectivity index (χ2n) is 4.77. The molecule has 0 unspecified atom stereocenters. The summed E-state index contributed by atoms with van der Waals surface area (Å²) in [7, 11) is 0. The summed E-state index contributed by atoms with van der Waals surface area (Å²) >= 11 is 0. The number of nitrogens with zero attached hydrogens (tertiary/aromatic N) is 1. The molecule has 0 N–H and O–H groups in total. The molecule has 0 radical (unpaired) electrons. The number of aryl methyl sites for hydroxylation is 2. The molecule has 1 rings (SSSR count). The maximum absolute atomic E-state index is 4.31. The molecular formula is C13H21N. The van der Waals surface area contributed by atoms with Crippen molar-refractivity contribution in [2.75, 3.05) is 0 Å². The molecule has 0 atom stereocenters. The highest BCUT2D eigenvalue weighted by atomic mass is 14.7. The molecule has 0 saturated heterocycles. The minimum Gasteiger partial charge on any atom is -0.261 e. The van der Waals surface area contributed by atoms with Gasteiger partial charge in [0, 0.05) is 11.9 Å². The average Bonchev–Trinajstić information content (AvgIpc) is 2.09. The quantitative estimate of drug-likeness (QED) is 0.708. The predicted octanol–water partition coefficient (Wildman–Crippen LogP) is 3.78. The zero-order valence-electron chi connectivity index (χ0n) is 10.0. The van der Waals surface area contributed by atoms with Crippen LogP contribution >= 0.6 is 0 Å². The van der Waals surface area contributed by atoms with Crippen molar-refractivity contribution in [1.82, 2.24) is 4.98 Å². The lowest BCUT2D eigenvalue weighted by Crippen LogP contribution is -2.18. The van der Waals surface area contributed by atoms with Gasteiger partial charge in [-0.15, -0.1) is 0 Å². The van der Waals surface area contributed by atoms with Gasteiger partial charge in [-0.3, -0.25) is 4.98 Å². The number of pyridine rings is 1. The van der Waals surface area contributed by atoms with E-state index in [-0.39, 0.29) is 5.41 Å². The summed E-state index contributed by atoms with van der Waals surface area (Å²) < 4.78 is 0. The molecule has 1 heteroatoms. The zero-order valence-corrected chi connectivity index (χ0v) is 10.0. The monoisotopic (exact) mass is 191 g/mol. The molecule has 0 aliphatic carbocycles. The number of hydrogen-bond acceptors (Lipinski definition) is 1. The first kappa shape index (κ1) is 11.2. The topological polar surface area (TPSA) is 12.9 Å². The smallest absolute Gasteiger partial charge is 0.0375 e. The Kier molecular flexibility index (Phi) is 3.30. The van der Waals surface area contributed by atoms with Crippen LogP contribution < -0.4 is 0 Å². The summed E-state index contributed by atoms with van der Waals surface area (Å²) in [4.78, 5) is 4.31. The second kappa shape index (κ2) is 4.12. The molecule has 1 heterocycles. The van der Waals surface area contributed by atoms with Crippen molar-refractivity contribution < 1.29 is 0 Å². The van der Waals surface area contributed by atoms with E-state index in [9.17, 15) is 0 Å². The van der Waals surface area contributed by atoms with E-state index in [4.69, 9.17) is 0 Å². The Bertz CT molecular complexity index is 313. The Hall–Kier alpha value is -0.850. The van der Waals surface area contributed by atoms with E-state index in [0.717, 1.165) is 5.69 Å². The van der Waals surface area contributed by atoms with Gasteiger partial charge >= 0.3 is 0 Å². The molecule has 0 aromatic carbocycles. The van der Waals surface area contributed by atoms with Gasteiger partial charge in [0.15, 0.2) is 0 Å². The average molecular weight is 191 g/mol. The van der Waals surface area contributed by atoms with Crippen LogP contribution in [0.15, 0.2) is 12.3 Å². The van der Waals surface area contributed by atoms with Crippen LogP contribution in [-0.2, 0) is 5.41 Å². The molecule has 0 saturated carbocycles. The van der Waals surface area contributed by atoms with Gasteiger partial charge in [-0.1, -0.05) is 27.2 Å². The molecule has 78 valence electrons. The Labute approximate surface area is 87.6 Å². The van der Waals surface area contributed by atoms with E-state index >= 15 is 0 Å². The molecule has 0 amide bonds. The zero-order chi connectivity index (χ0) is 10.8. The molecular weight excluding hydrogens is 170 g/mol. The molecule has 14 heavy (non-hydrogen) atoms. The highest BCUT2D eigenvalue weighted by Gasteiger charge is 2.21. The van der Waals surface area contributed by atoms with Crippen LogP contribution in [0.3, 0.4) is 0 Å². The van der Waals surface area contributed by atoms with Crippen LogP contribution in [0.1, 0.15) is 50.4 Å². The van der Waals surface area contributed by atoms with Crippen LogP contribution in [0.25, 0.3) is 0 Å². The van der Waals surface area contributed by atoms with Gasteiger partial charge in [-0.25, -0.2) is 0 Å². The normalized spacial score (nSPS) is 11.8. The third kappa shape index (κ3) is 2.34. The Balaban J connectivity index is 3.10. The van der Waals surface area contributed by atoms with Crippen LogP contribution in [-0.4, -0.2) is 4.98 Å². The molecule has 1 nitrogen and oxygen atoms in total. The van der Waals surface area contributed by atoms with Crippen LogP contribution in [0.2, 0.25) is 0 Å². The molecule has 1 aromatic heterocycles. The fraction of sp³-hybridized carbons (Fsp3) is 0.615. The summed E-state index contributed by atoms with van der Waals surface area (Å²) in [5, 5.41) is 0. The van der Waals surface area contributed by atoms with E-state index in [1.54, 1.807) is 0 Å².